The summed E-state index contributed by atoms with van der Waals surface area (Å²) in [6, 6.07) is 28.5. The largest absolute Gasteiger partial charge is 0.446 e. The number of amides is 1. The molecule has 4 rings (SSSR count). The van der Waals surface area contributed by atoms with Gasteiger partial charge >= 0.3 is 6.09 Å². The smallest absolute Gasteiger partial charge is 0.411 e. The number of hydrogen-bond acceptors (Lipinski definition) is 4. The highest BCUT2D eigenvalue weighted by Crippen LogP contribution is 2.28. The third kappa shape index (κ3) is 7.17. The number of benzene rings is 3. The third-order valence-electron chi connectivity index (χ3n) is 6.09. The van der Waals surface area contributed by atoms with Crippen LogP contribution in [0.5, 0.6) is 0 Å². The van der Waals surface area contributed by atoms with Gasteiger partial charge < -0.3 is 15.0 Å². The summed E-state index contributed by atoms with van der Waals surface area (Å²) in [4.78, 5) is 15.0. The van der Waals surface area contributed by atoms with E-state index in [1.165, 1.54) is 5.56 Å². The van der Waals surface area contributed by atoms with Gasteiger partial charge in [0.25, 0.3) is 0 Å². The molecule has 1 heterocycles. The number of carbonyl (C=O) groups is 1. The summed E-state index contributed by atoms with van der Waals surface area (Å²) in [5, 5.41) is 6.48. The predicted octanol–water partition coefficient (Wildman–Crippen LogP) is 5.20. The normalized spacial score (nSPS) is 14.7. The van der Waals surface area contributed by atoms with Gasteiger partial charge in [-0.15, -0.1) is 0 Å². The van der Waals surface area contributed by atoms with Crippen LogP contribution in [0.2, 0.25) is 0 Å². The van der Waals surface area contributed by atoms with E-state index in [9.17, 15) is 4.79 Å². The number of likely N-dealkylation sites (tertiary alicyclic amines) is 1. The van der Waals surface area contributed by atoms with Crippen LogP contribution in [-0.2, 0) is 11.2 Å². The standard InChI is InChI=1S/C28H33N3O2/c32-28(30-27-14-8-7-13-26(27)24-11-5-2-6-12-24)33-25-16-20-31(21-17-25)22-19-29-18-15-23-9-3-1-4-10-23/h1-14,25,29H,15-22H2,(H,30,32). The second-order valence-electron chi connectivity index (χ2n) is 8.47. The van der Waals surface area contributed by atoms with Crippen molar-refractivity contribution >= 4 is 11.8 Å². The van der Waals surface area contributed by atoms with Crippen molar-refractivity contribution < 1.29 is 9.53 Å². The van der Waals surface area contributed by atoms with Crippen LogP contribution < -0.4 is 10.6 Å². The van der Waals surface area contributed by atoms with Crippen molar-refractivity contribution in [1.82, 2.24) is 10.2 Å². The van der Waals surface area contributed by atoms with E-state index in [0.717, 1.165) is 68.8 Å². The lowest BCUT2D eigenvalue weighted by molar-refractivity contribution is 0.0593. The zero-order valence-electron chi connectivity index (χ0n) is 19.1. The fraction of sp³-hybridized carbons (Fsp3) is 0.321. The summed E-state index contributed by atoms with van der Waals surface area (Å²) in [6.07, 6.45) is 2.39. The average Bonchev–Trinajstić information content (AvgIpc) is 2.86. The Morgan fingerprint density at radius 3 is 2.27 bits per heavy atom. The molecule has 0 unspecified atom stereocenters. The van der Waals surface area contributed by atoms with E-state index in [0.29, 0.717) is 0 Å². The molecular formula is C28H33N3O2. The molecule has 0 radical (unpaired) electrons. The summed E-state index contributed by atoms with van der Waals surface area (Å²) in [7, 11) is 0. The van der Waals surface area contributed by atoms with Gasteiger partial charge in [0, 0.05) is 31.7 Å². The Hall–Kier alpha value is -3.15. The Labute approximate surface area is 196 Å². The van der Waals surface area contributed by atoms with Gasteiger partial charge in [-0.3, -0.25) is 5.32 Å². The molecule has 0 aromatic heterocycles. The van der Waals surface area contributed by atoms with Crippen molar-refractivity contribution in [2.75, 3.05) is 38.0 Å². The van der Waals surface area contributed by atoms with Gasteiger partial charge in [0.2, 0.25) is 0 Å². The average molecular weight is 444 g/mol. The summed E-state index contributed by atoms with van der Waals surface area (Å²) in [5.41, 5.74) is 4.20. The first kappa shape index (κ1) is 23.0. The Kier molecular flexibility index (Phi) is 8.50. The number of carbonyl (C=O) groups excluding carboxylic acids is 1. The molecule has 0 spiro atoms. The molecule has 3 aromatic rings. The van der Waals surface area contributed by atoms with E-state index in [2.05, 4.69) is 45.9 Å². The lowest BCUT2D eigenvalue weighted by Crippen LogP contribution is -2.41. The Morgan fingerprint density at radius 1 is 0.848 bits per heavy atom. The minimum absolute atomic E-state index is 0.0313. The minimum atomic E-state index is -0.376. The highest BCUT2D eigenvalue weighted by Gasteiger charge is 2.22. The summed E-state index contributed by atoms with van der Waals surface area (Å²) >= 11 is 0. The molecule has 3 aromatic carbocycles. The van der Waals surface area contributed by atoms with E-state index in [-0.39, 0.29) is 12.2 Å². The van der Waals surface area contributed by atoms with Crippen molar-refractivity contribution in [1.29, 1.82) is 0 Å². The molecule has 33 heavy (non-hydrogen) atoms. The molecule has 172 valence electrons. The van der Waals surface area contributed by atoms with Crippen molar-refractivity contribution in [3.8, 4) is 11.1 Å². The van der Waals surface area contributed by atoms with Gasteiger partial charge in [-0.25, -0.2) is 4.79 Å². The van der Waals surface area contributed by atoms with Crippen molar-refractivity contribution in [2.45, 2.75) is 25.4 Å². The van der Waals surface area contributed by atoms with E-state index in [1.807, 2.05) is 54.6 Å². The van der Waals surface area contributed by atoms with Gasteiger partial charge in [0.05, 0.1) is 5.69 Å². The maximum atomic E-state index is 12.5. The molecule has 2 N–H and O–H groups in total. The first-order valence-corrected chi connectivity index (χ1v) is 11.9. The minimum Gasteiger partial charge on any atom is -0.446 e. The van der Waals surface area contributed by atoms with Crippen LogP contribution in [0.1, 0.15) is 18.4 Å². The van der Waals surface area contributed by atoms with Crippen LogP contribution in [0.3, 0.4) is 0 Å². The molecule has 1 saturated heterocycles. The second kappa shape index (κ2) is 12.2. The highest BCUT2D eigenvalue weighted by atomic mass is 16.6. The molecule has 5 nitrogen and oxygen atoms in total. The molecular weight excluding hydrogens is 410 g/mol. The van der Waals surface area contributed by atoms with Crippen molar-refractivity contribution in [3.05, 3.63) is 90.5 Å². The number of nitrogens with zero attached hydrogens (tertiary/aromatic N) is 1. The molecule has 1 aliphatic heterocycles. The van der Waals surface area contributed by atoms with E-state index in [1.54, 1.807) is 0 Å². The Bertz CT molecular complexity index is 986. The van der Waals surface area contributed by atoms with E-state index in [4.69, 9.17) is 4.74 Å². The number of ether oxygens (including phenoxy) is 1. The number of piperidine rings is 1. The number of rotatable bonds is 9. The van der Waals surface area contributed by atoms with Gasteiger partial charge in [-0.2, -0.15) is 0 Å². The van der Waals surface area contributed by atoms with Crippen molar-refractivity contribution in [3.63, 3.8) is 0 Å². The lowest BCUT2D eigenvalue weighted by Gasteiger charge is -2.31. The zero-order valence-corrected chi connectivity index (χ0v) is 19.1. The number of nitrogens with one attached hydrogen (secondary N) is 2. The fourth-order valence-corrected chi connectivity index (χ4v) is 4.24. The zero-order chi connectivity index (χ0) is 22.7. The fourth-order valence-electron chi connectivity index (χ4n) is 4.24. The summed E-state index contributed by atoms with van der Waals surface area (Å²) in [6.45, 7) is 4.92. The monoisotopic (exact) mass is 443 g/mol. The maximum Gasteiger partial charge on any atom is 0.411 e. The maximum absolute atomic E-state index is 12.5. The van der Waals surface area contributed by atoms with Crippen LogP contribution in [0.25, 0.3) is 11.1 Å². The predicted molar refractivity (Wildman–Crippen MR) is 134 cm³/mol. The molecule has 0 aliphatic carbocycles. The summed E-state index contributed by atoms with van der Waals surface area (Å²) < 4.78 is 5.73. The van der Waals surface area contributed by atoms with Crippen LogP contribution in [0.15, 0.2) is 84.9 Å². The van der Waals surface area contributed by atoms with E-state index < -0.39 is 0 Å². The molecule has 1 aliphatic rings. The third-order valence-corrected chi connectivity index (χ3v) is 6.09. The lowest BCUT2D eigenvalue weighted by atomic mass is 10.0. The first-order chi connectivity index (χ1) is 16.3. The number of para-hydroxylation sites is 1. The molecule has 1 amide bonds. The van der Waals surface area contributed by atoms with Crippen LogP contribution in [0.4, 0.5) is 10.5 Å². The molecule has 0 bridgehead atoms. The molecule has 1 fully saturated rings. The molecule has 0 saturated carbocycles. The molecule has 0 atom stereocenters. The van der Waals surface area contributed by atoms with Crippen molar-refractivity contribution in [2.24, 2.45) is 0 Å². The SMILES string of the molecule is O=C(Nc1ccccc1-c1ccccc1)OC1CCN(CCNCCc2ccccc2)CC1. The Morgan fingerprint density at radius 2 is 1.52 bits per heavy atom. The van der Waals surface area contributed by atoms with E-state index >= 15 is 0 Å². The second-order valence-corrected chi connectivity index (χ2v) is 8.47. The van der Waals surface area contributed by atoms with Crippen LogP contribution in [0, 0.1) is 0 Å². The van der Waals surface area contributed by atoms with Crippen LogP contribution >= 0.6 is 0 Å². The van der Waals surface area contributed by atoms with Gasteiger partial charge in [0.1, 0.15) is 6.10 Å². The number of anilines is 1. The quantitative estimate of drug-likeness (QED) is 0.447. The molecule has 5 heteroatoms. The van der Waals surface area contributed by atoms with Gasteiger partial charge in [-0.1, -0.05) is 78.9 Å². The Balaban J connectivity index is 1.15. The number of hydrogen-bond donors (Lipinski definition) is 2. The summed E-state index contributed by atoms with van der Waals surface area (Å²) in [5.74, 6) is 0. The van der Waals surface area contributed by atoms with Crippen LogP contribution in [-0.4, -0.2) is 49.8 Å². The van der Waals surface area contributed by atoms with Gasteiger partial charge in [0.15, 0.2) is 0 Å². The topological polar surface area (TPSA) is 53.6 Å². The van der Waals surface area contributed by atoms with Gasteiger partial charge in [-0.05, 0) is 43.0 Å². The highest BCUT2D eigenvalue weighted by molar-refractivity contribution is 5.91. The first-order valence-electron chi connectivity index (χ1n) is 11.9.